The van der Waals surface area contributed by atoms with Crippen LogP contribution in [-0.2, 0) is 6.61 Å². The summed E-state index contributed by atoms with van der Waals surface area (Å²) in [4.78, 5) is 18.0. The van der Waals surface area contributed by atoms with Crippen LogP contribution in [0.15, 0.2) is 22.7 Å². The van der Waals surface area contributed by atoms with Crippen LogP contribution in [0.4, 0.5) is 5.13 Å². The average molecular weight is 371 g/mol. The first-order valence-corrected chi connectivity index (χ1v) is 9.07. The molecule has 0 radical (unpaired) electrons. The fraction of sp³-hybridized carbons (Fsp3) is 0.316. The van der Waals surface area contributed by atoms with Gasteiger partial charge in [-0.2, -0.15) is 0 Å². The van der Waals surface area contributed by atoms with E-state index >= 15 is 0 Å². The van der Waals surface area contributed by atoms with E-state index in [1.165, 1.54) is 16.9 Å². The van der Waals surface area contributed by atoms with Crippen molar-refractivity contribution >= 4 is 22.4 Å². The Balaban J connectivity index is 1.76. The number of hydrogen-bond acceptors (Lipinski definition) is 6. The second-order valence-corrected chi connectivity index (χ2v) is 7.44. The number of aryl methyl sites for hydroxylation is 5. The van der Waals surface area contributed by atoms with Gasteiger partial charge < -0.3 is 9.26 Å². The van der Waals surface area contributed by atoms with Crippen molar-refractivity contribution in [2.75, 3.05) is 5.32 Å². The van der Waals surface area contributed by atoms with Crippen LogP contribution in [0.25, 0.3) is 0 Å². The second-order valence-electron chi connectivity index (χ2n) is 6.24. The monoisotopic (exact) mass is 371 g/mol. The first-order chi connectivity index (χ1) is 12.3. The molecule has 2 heterocycles. The number of carbonyl (C=O) groups excluding carboxylic acids is 1. The first kappa shape index (κ1) is 18.1. The van der Waals surface area contributed by atoms with Gasteiger partial charge in [0.05, 0.1) is 11.3 Å². The number of thiazole rings is 1. The van der Waals surface area contributed by atoms with Crippen LogP contribution in [0.3, 0.4) is 0 Å². The number of aromatic nitrogens is 2. The van der Waals surface area contributed by atoms with Crippen molar-refractivity contribution in [2.45, 2.75) is 41.2 Å². The summed E-state index contributed by atoms with van der Waals surface area (Å²) < 4.78 is 11.1. The van der Waals surface area contributed by atoms with Crippen LogP contribution < -0.4 is 10.1 Å². The minimum atomic E-state index is -0.352. The molecule has 0 atom stereocenters. The maximum atomic E-state index is 12.6. The number of carbonyl (C=O) groups is 1. The van der Waals surface area contributed by atoms with Crippen LogP contribution in [0, 0.1) is 34.6 Å². The van der Waals surface area contributed by atoms with E-state index in [0.29, 0.717) is 16.5 Å². The molecular formula is C19H21N3O3S. The highest BCUT2D eigenvalue weighted by molar-refractivity contribution is 7.15. The molecule has 0 aliphatic heterocycles. The van der Waals surface area contributed by atoms with Crippen LogP contribution >= 0.6 is 11.3 Å². The number of benzene rings is 1. The number of amides is 1. The molecule has 1 amide bonds. The van der Waals surface area contributed by atoms with Crippen molar-refractivity contribution in [3.63, 3.8) is 0 Å². The molecule has 0 aliphatic carbocycles. The van der Waals surface area contributed by atoms with Crippen molar-refractivity contribution in [2.24, 2.45) is 0 Å². The Bertz CT molecular complexity index is 940. The van der Waals surface area contributed by atoms with Crippen molar-refractivity contribution in [3.8, 4) is 5.75 Å². The molecule has 0 aliphatic rings. The van der Waals surface area contributed by atoms with Crippen LogP contribution in [0.1, 0.15) is 43.5 Å². The highest BCUT2D eigenvalue weighted by Gasteiger charge is 2.22. The Morgan fingerprint density at radius 2 is 2.00 bits per heavy atom. The molecule has 0 saturated heterocycles. The molecule has 0 spiro atoms. The van der Waals surface area contributed by atoms with Gasteiger partial charge in [0.25, 0.3) is 5.91 Å². The second kappa shape index (κ2) is 7.29. The molecule has 2 aromatic heterocycles. The molecule has 0 unspecified atom stereocenters. The molecule has 26 heavy (non-hydrogen) atoms. The molecule has 1 N–H and O–H groups in total. The third-order valence-electron chi connectivity index (χ3n) is 4.15. The Hall–Kier alpha value is -2.67. The molecule has 3 rings (SSSR count). The van der Waals surface area contributed by atoms with Crippen molar-refractivity contribution in [1.82, 2.24) is 10.1 Å². The van der Waals surface area contributed by atoms with Gasteiger partial charge in [-0.25, -0.2) is 4.98 Å². The lowest BCUT2D eigenvalue weighted by Crippen LogP contribution is -2.15. The summed E-state index contributed by atoms with van der Waals surface area (Å²) >= 11 is 1.43. The zero-order valence-corrected chi connectivity index (χ0v) is 16.3. The quantitative estimate of drug-likeness (QED) is 0.714. The zero-order chi connectivity index (χ0) is 18.8. The number of nitrogens with one attached hydrogen (secondary N) is 1. The highest BCUT2D eigenvalue weighted by Crippen LogP contribution is 2.24. The van der Waals surface area contributed by atoms with Crippen LogP contribution in [0.2, 0.25) is 0 Å². The van der Waals surface area contributed by atoms with E-state index in [9.17, 15) is 4.79 Å². The predicted octanol–water partition coefficient (Wildman–Crippen LogP) is 4.50. The topological polar surface area (TPSA) is 77.2 Å². The molecule has 0 fully saturated rings. The van der Waals surface area contributed by atoms with E-state index in [0.717, 1.165) is 21.9 Å². The van der Waals surface area contributed by atoms with Gasteiger partial charge in [0.1, 0.15) is 18.1 Å². The summed E-state index contributed by atoms with van der Waals surface area (Å²) in [6, 6.07) is 5.97. The molecule has 136 valence electrons. The number of anilines is 1. The van der Waals surface area contributed by atoms with Crippen LogP contribution in [-0.4, -0.2) is 16.0 Å². The fourth-order valence-electron chi connectivity index (χ4n) is 2.53. The lowest BCUT2D eigenvalue weighted by molar-refractivity contribution is 0.101. The third-order valence-corrected chi connectivity index (χ3v) is 5.14. The number of ether oxygens (including phenoxy) is 1. The van der Waals surface area contributed by atoms with Gasteiger partial charge in [0, 0.05) is 4.88 Å². The van der Waals surface area contributed by atoms with E-state index in [1.54, 1.807) is 6.92 Å². The standard InChI is InChI=1S/C19H21N3O3S/c1-10-6-7-16(11(2)8-10)24-9-15-13(4)25-22-17(15)18(23)21-19-20-12(3)14(5)26-19/h6-8H,9H2,1-5H3,(H,20,21,23). The molecule has 6 nitrogen and oxygen atoms in total. The molecule has 0 saturated carbocycles. The van der Waals surface area contributed by atoms with E-state index in [1.807, 2.05) is 39.8 Å². The Kier molecular flexibility index (Phi) is 5.08. The number of nitrogens with zero attached hydrogens (tertiary/aromatic N) is 2. The zero-order valence-electron chi connectivity index (χ0n) is 15.5. The summed E-state index contributed by atoms with van der Waals surface area (Å²) in [6.07, 6.45) is 0. The van der Waals surface area contributed by atoms with E-state index < -0.39 is 0 Å². The molecule has 0 bridgehead atoms. The predicted molar refractivity (Wildman–Crippen MR) is 101 cm³/mol. The van der Waals surface area contributed by atoms with Gasteiger partial charge >= 0.3 is 0 Å². The lowest BCUT2D eigenvalue weighted by atomic mass is 10.1. The minimum Gasteiger partial charge on any atom is -0.488 e. The van der Waals surface area contributed by atoms with Gasteiger partial charge in [-0.1, -0.05) is 22.9 Å². The summed E-state index contributed by atoms with van der Waals surface area (Å²) in [5.74, 6) is 0.981. The summed E-state index contributed by atoms with van der Waals surface area (Å²) in [5, 5.41) is 7.23. The normalized spacial score (nSPS) is 10.8. The van der Waals surface area contributed by atoms with E-state index in [-0.39, 0.29) is 18.2 Å². The number of hydrogen-bond donors (Lipinski definition) is 1. The fourth-order valence-corrected chi connectivity index (χ4v) is 3.34. The SMILES string of the molecule is Cc1ccc(OCc2c(C(=O)Nc3nc(C)c(C)s3)noc2C)c(C)c1. The van der Waals surface area contributed by atoms with Gasteiger partial charge in [-0.15, -0.1) is 11.3 Å². The maximum absolute atomic E-state index is 12.6. The van der Waals surface area contributed by atoms with Gasteiger partial charge in [0.15, 0.2) is 10.8 Å². The van der Waals surface area contributed by atoms with Gasteiger partial charge in [0.2, 0.25) is 0 Å². The smallest absolute Gasteiger partial charge is 0.280 e. The maximum Gasteiger partial charge on any atom is 0.280 e. The summed E-state index contributed by atoms with van der Waals surface area (Å²) in [6.45, 7) is 9.87. The Labute approximate surface area is 156 Å². The van der Waals surface area contributed by atoms with Gasteiger partial charge in [-0.05, 0) is 46.2 Å². The third kappa shape index (κ3) is 3.77. The molecule has 1 aromatic carbocycles. The molecule has 3 aromatic rings. The summed E-state index contributed by atoms with van der Waals surface area (Å²) in [7, 11) is 0. The largest absolute Gasteiger partial charge is 0.488 e. The molecule has 7 heteroatoms. The minimum absolute atomic E-state index is 0.206. The first-order valence-electron chi connectivity index (χ1n) is 8.25. The average Bonchev–Trinajstić information content (AvgIpc) is 3.09. The highest BCUT2D eigenvalue weighted by atomic mass is 32.1. The lowest BCUT2D eigenvalue weighted by Gasteiger charge is -2.10. The van der Waals surface area contributed by atoms with Gasteiger partial charge in [-0.3, -0.25) is 10.1 Å². The Morgan fingerprint density at radius 1 is 1.23 bits per heavy atom. The Morgan fingerprint density at radius 3 is 2.65 bits per heavy atom. The summed E-state index contributed by atoms with van der Waals surface area (Å²) in [5.41, 5.74) is 3.97. The van der Waals surface area contributed by atoms with Crippen molar-refractivity contribution < 1.29 is 14.1 Å². The molecular weight excluding hydrogens is 350 g/mol. The van der Waals surface area contributed by atoms with E-state index in [4.69, 9.17) is 9.26 Å². The van der Waals surface area contributed by atoms with Crippen LogP contribution in [0.5, 0.6) is 5.75 Å². The van der Waals surface area contributed by atoms with Crippen molar-refractivity contribution in [3.05, 3.63) is 56.9 Å². The van der Waals surface area contributed by atoms with E-state index in [2.05, 4.69) is 21.5 Å². The number of rotatable bonds is 5. The van der Waals surface area contributed by atoms with Crippen molar-refractivity contribution in [1.29, 1.82) is 0 Å².